The number of anilines is 1. The van der Waals surface area contributed by atoms with E-state index in [0.717, 1.165) is 28.7 Å². The number of fused-ring (bicyclic) bond motifs is 1. The molecule has 1 fully saturated rings. The topological polar surface area (TPSA) is 64.0 Å². The fourth-order valence-corrected chi connectivity index (χ4v) is 4.08. The predicted octanol–water partition coefficient (Wildman–Crippen LogP) is 4.87. The van der Waals surface area contributed by atoms with E-state index in [0.29, 0.717) is 42.2 Å². The Morgan fingerprint density at radius 1 is 0.970 bits per heavy atom. The molecule has 33 heavy (non-hydrogen) atoms. The molecule has 0 aliphatic carbocycles. The maximum absolute atomic E-state index is 14.8. The van der Waals surface area contributed by atoms with Gasteiger partial charge in [-0.2, -0.15) is 0 Å². The van der Waals surface area contributed by atoms with Gasteiger partial charge in [-0.25, -0.2) is 23.7 Å². The van der Waals surface area contributed by atoms with Gasteiger partial charge in [-0.15, -0.1) is 0 Å². The van der Waals surface area contributed by atoms with E-state index in [1.54, 1.807) is 6.20 Å². The minimum atomic E-state index is -0.687. The smallest absolute Gasteiger partial charge is 0.135 e. The second-order valence-corrected chi connectivity index (χ2v) is 8.25. The first-order valence-corrected chi connectivity index (χ1v) is 10.8. The van der Waals surface area contributed by atoms with Gasteiger partial charge in [-0.3, -0.25) is 4.98 Å². The van der Waals surface area contributed by atoms with E-state index in [-0.39, 0.29) is 11.7 Å². The molecule has 1 aromatic carbocycles. The number of ether oxygens (including phenoxy) is 1. The standard InChI is InChI=1S/C25H23F2N5O/c1-14-10-17(6-7-28-14)22-13-32(8-9-33-22)23-12-21-25(30-16(3)15(2)29-21)24(31-23)19-5-4-18(26)11-20(19)27/h4-7,10-12,22H,8-9,13H2,1-3H3. The molecule has 0 radical (unpaired) electrons. The molecule has 1 aliphatic rings. The fourth-order valence-electron chi connectivity index (χ4n) is 4.08. The second-order valence-electron chi connectivity index (χ2n) is 8.25. The van der Waals surface area contributed by atoms with Crippen molar-refractivity contribution in [3.05, 3.63) is 76.9 Å². The first-order valence-electron chi connectivity index (χ1n) is 10.8. The van der Waals surface area contributed by atoms with E-state index in [1.807, 2.05) is 39.0 Å². The van der Waals surface area contributed by atoms with Crippen molar-refractivity contribution in [3.63, 3.8) is 0 Å². The Balaban J connectivity index is 1.62. The predicted molar refractivity (Wildman–Crippen MR) is 122 cm³/mol. The highest BCUT2D eigenvalue weighted by Crippen LogP contribution is 2.33. The third-order valence-electron chi connectivity index (χ3n) is 5.92. The number of hydrogen-bond donors (Lipinski definition) is 0. The molecule has 8 heteroatoms. The zero-order chi connectivity index (χ0) is 23.1. The molecule has 0 saturated carbocycles. The lowest BCUT2D eigenvalue weighted by Gasteiger charge is -2.34. The molecule has 1 unspecified atom stereocenters. The summed E-state index contributed by atoms with van der Waals surface area (Å²) in [5.74, 6) is -0.676. The Morgan fingerprint density at radius 3 is 2.58 bits per heavy atom. The molecule has 4 aromatic rings. The van der Waals surface area contributed by atoms with E-state index in [1.165, 1.54) is 12.1 Å². The van der Waals surface area contributed by atoms with Crippen molar-refractivity contribution < 1.29 is 13.5 Å². The summed E-state index contributed by atoms with van der Waals surface area (Å²) in [5, 5.41) is 0. The Kier molecular flexibility index (Phi) is 5.46. The quantitative estimate of drug-likeness (QED) is 0.447. The molecule has 5 rings (SSSR count). The number of halogens is 2. The average molecular weight is 447 g/mol. The third kappa shape index (κ3) is 4.14. The van der Waals surface area contributed by atoms with Crippen molar-refractivity contribution in [2.24, 2.45) is 0 Å². The molecule has 1 atom stereocenters. The molecular formula is C25H23F2N5O. The SMILES string of the molecule is Cc1cc(C2CN(c3cc4nc(C)c(C)nc4c(-c4ccc(F)cc4F)n3)CCO2)ccn1. The zero-order valence-corrected chi connectivity index (χ0v) is 18.6. The fraction of sp³-hybridized carbons (Fsp3) is 0.280. The van der Waals surface area contributed by atoms with Crippen molar-refractivity contribution in [1.29, 1.82) is 0 Å². The Labute approximate surface area is 190 Å². The number of morpholine rings is 1. The van der Waals surface area contributed by atoms with Crippen LogP contribution in [0, 0.1) is 32.4 Å². The minimum Gasteiger partial charge on any atom is -0.370 e. The lowest BCUT2D eigenvalue weighted by atomic mass is 10.1. The molecule has 1 saturated heterocycles. The molecule has 4 heterocycles. The average Bonchev–Trinajstić information content (AvgIpc) is 2.80. The highest BCUT2D eigenvalue weighted by Gasteiger charge is 2.25. The van der Waals surface area contributed by atoms with Gasteiger partial charge < -0.3 is 9.64 Å². The van der Waals surface area contributed by atoms with E-state index in [9.17, 15) is 8.78 Å². The Morgan fingerprint density at radius 2 is 1.79 bits per heavy atom. The molecule has 168 valence electrons. The normalized spacial score (nSPS) is 16.4. The van der Waals surface area contributed by atoms with Crippen LogP contribution >= 0.6 is 0 Å². The number of hydrogen-bond acceptors (Lipinski definition) is 6. The number of aryl methyl sites for hydroxylation is 3. The lowest BCUT2D eigenvalue weighted by Crippen LogP contribution is -2.39. The maximum Gasteiger partial charge on any atom is 0.135 e. The van der Waals surface area contributed by atoms with E-state index in [4.69, 9.17) is 9.72 Å². The first kappa shape index (κ1) is 21.3. The summed E-state index contributed by atoms with van der Waals surface area (Å²) in [6.45, 7) is 7.40. The molecule has 6 nitrogen and oxygen atoms in total. The van der Waals surface area contributed by atoms with Gasteiger partial charge in [0.25, 0.3) is 0 Å². The van der Waals surface area contributed by atoms with Crippen molar-refractivity contribution in [1.82, 2.24) is 19.9 Å². The highest BCUT2D eigenvalue weighted by atomic mass is 19.1. The van der Waals surface area contributed by atoms with Gasteiger partial charge in [-0.05, 0) is 50.6 Å². The maximum atomic E-state index is 14.8. The van der Waals surface area contributed by atoms with Crippen LogP contribution in [0.4, 0.5) is 14.6 Å². The van der Waals surface area contributed by atoms with Crippen LogP contribution in [0.25, 0.3) is 22.3 Å². The van der Waals surface area contributed by atoms with Crippen molar-refractivity contribution in [3.8, 4) is 11.3 Å². The highest BCUT2D eigenvalue weighted by molar-refractivity contribution is 5.91. The number of pyridine rings is 2. The van der Waals surface area contributed by atoms with Crippen LogP contribution in [0.15, 0.2) is 42.6 Å². The van der Waals surface area contributed by atoms with E-state index >= 15 is 0 Å². The van der Waals surface area contributed by atoms with Crippen LogP contribution in [0.5, 0.6) is 0 Å². The third-order valence-corrected chi connectivity index (χ3v) is 5.92. The summed E-state index contributed by atoms with van der Waals surface area (Å²) in [5.41, 5.74) is 5.13. The largest absolute Gasteiger partial charge is 0.370 e. The number of rotatable bonds is 3. The lowest BCUT2D eigenvalue weighted by molar-refractivity contribution is 0.0394. The van der Waals surface area contributed by atoms with Crippen molar-refractivity contribution >= 4 is 16.9 Å². The molecular weight excluding hydrogens is 424 g/mol. The summed E-state index contributed by atoms with van der Waals surface area (Å²) in [6, 6.07) is 9.32. The van der Waals surface area contributed by atoms with Crippen LogP contribution in [0.2, 0.25) is 0 Å². The number of aromatic nitrogens is 4. The molecule has 0 N–H and O–H groups in total. The van der Waals surface area contributed by atoms with Gasteiger partial charge in [0.1, 0.15) is 34.8 Å². The minimum absolute atomic E-state index is 0.144. The molecule has 3 aromatic heterocycles. The van der Waals surface area contributed by atoms with Gasteiger partial charge in [0.05, 0.1) is 23.5 Å². The number of benzene rings is 1. The molecule has 1 aliphatic heterocycles. The Bertz CT molecular complexity index is 1360. The van der Waals surface area contributed by atoms with Crippen LogP contribution in [0.3, 0.4) is 0 Å². The summed E-state index contributed by atoms with van der Waals surface area (Å²) in [7, 11) is 0. The van der Waals surface area contributed by atoms with Gasteiger partial charge in [-0.1, -0.05) is 0 Å². The summed E-state index contributed by atoms with van der Waals surface area (Å²) >= 11 is 0. The first-order chi connectivity index (χ1) is 15.9. The van der Waals surface area contributed by atoms with Gasteiger partial charge in [0.15, 0.2) is 0 Å². The number of nitrogens with zero attached hydrogens (tertiary/aromatic N) is 5. The van der Waals surface area contributed by atoms with Crippen molar-refractivity contribution in [2.75, 3.05) is 24.6 Å². The zero-order valence-electron chi connectivity index (χ0n) is 18.6. The van der Waals surface area contributed by atoms with Gasteiger partial charge in [0, 0.05) is 42.7 Å². The van der Waals surface area contributed by atoms with Crippen LogP contribution in [0.1, 0.15) is 28.7 Å². The van der Waals surface area contributed by atoms with Crippen LogP contribution < -0.4 is 4.90 Å². The molecule has 0 spiro atoms. The monoisotopic (exact) mass is 447 g/mol. The van der Waals surface area contributed by atoms with Crippen molar-refractivity contribution in [2.45, 2.75) is 26.9 Å². The molecule has 0 bridgehead atoms. The molecule has 0 amide bonds. The summed E-state index contributed by atoms with van der Waals surface area (Å²) in [6.07, 6.45) is 1.63. The van der Waals surface area contributed by atoms with E-state index in [2.05, 4.69) is 19.9 Å². The Hall–Kier alpha value is -3.52. The van der Waals surface area contributed by atoms with Crippen LogP contribution in [-0.4, -0.2) is 39.6 Å². The second kappa shape index (κ2) is 8.44. The summed E-state index contributed by atoms with van der Waals surface area (Å²) in [4.78, 5) is 20.5. The van der Waals surface area contributed by atoms with Crippen LogP contribution in [-0.2, 0) is 4.74 Å². The van der Waals surface area contributed by atoms with Gasteiger partial charge >= 0.3 is 0 Å². The van der Waals surface area contributed by atoms with Gasteiger partial charge in [0.2, 0.25) is 0 Å². The summed E-state index contributed by atoms with van der Waals surface area (Å²) < 4.78 is 34.4. The van der Waals surface area contributed by atoms with E-state index < -0.39 is 11.6 Å².